The van der Waals surface area contributed by atoms with Gasteiger partial charge < -0.3 is 10.6 Å². The van der Waals surface area contributed by atoms with Crippen LogP contribution >= 0.6 is 12.6 Å². The summed E-state index contributed by atoms with van der Waals surface area (Å²) >= 11 is 4.11. The second-order valence-electron chi connectivity index (χ2n) is 2.91. The second kappa shape index (κ2) is 9.86. The van der Waals surface area contributed by atoms with E-state index in [1.54, 1.807) is 0 Å². The van der Waals surface area contributed by atoms with Crippen molar-refractivity contribution in [1.82, 2.24) is 10.6 Å². The molecule has 13 heavy (non-hydrogen) atoms. The zero-order chi connectivity index (χ0) is 9.94. The van der Waals surface area contributed by atoms with E-state index in [9.17, 15) is 4.79 Å². The number of amides is 1. The largest absolute Gasteiger partial charge is 0.355 e. The number of carbonyl (C=O) groups is 1. The van der Waals surface area contributed by atoms with Crippen LogP contribution in [0.1, 0.15) is 26.2 Å². The number of likely N-dealkylation sites (N-methyl/N-ethyl adjacent to an activating group) is 1. The molecule has 2 N–H and O–H groups in total. The van der Waals surface area contributed by atoms with Crippen LogP contribution in [0, 0.1) is 0 Å². The van der Waals surface area contributed by atoms with E-state index in [1.807, 2.05) is 6.92 Å². The van der Waals surface area contributed by atoms with Crippen LogP contribution in [0.2, 0.25) is 0 Å². The van der Waals surface area contributed by atoms with E-state index >= 15 is 0 Å². The fourth-order valence-corrected chi connectivity index (χ4v) is 1.17. The Bertz CT molecular complexity index is 131. The van der Waals surface area contributed by atoms with Crippen molar-refractivity contribution in [3.8, 4) is 0 Å². The number of rotatable bonds is 8. The molecule has 0 aromatic heterocycles. The minimum Gasteiger partial charge on any atom is -0.355 e. The third kappa shape index (κ3) is 9.70. The van der Waals surface area contributed by atoms with Gasteiger partial charge >= 0.3 is 0 Å². The third-order valence-electron chi connectivity index (χ3n) is 1.69. The topological polar surface area (TPSA) is 41.1 Å². The molecule has 0 bridgehead atoms. The van der Waals surface area contributed by atoms with Crippen molar-refractivity contribution in [1.29, 1.82) is 0 Å². The van der Waals surface area contributed by atoms with Gasteiger partial charge in [0.15, 0.2) is 0 Å². The Morgan fingerprint density at radius 3 is 2.69 bits per heavy atom. The lowest BCUT2D eigenvalue weighted by molar-refractivity contribution is -0.120. The molecule has 0 aromatic rings. The maximum atomic E-state index is 11.0. The van der Waals surface area contributed by atoms with Gasteiger partial charge in [-0.1, -0.05) is 13.3 Å². The summed E-state index contributed by atoms with van der Waals surface area (Å²) in [7, 11) is 0. The summed E-state index contributed by atoms with van der Waals surface area (Å²) in [6.45, 7) is 4.05. The lowest BCUT2D eigenvalue weighted by Gasteiger charge is -2.04. The molecule has 0 saturated heterocycles. The molecule has 0 aliphatic rings. The van der Waals surface area contributed by atoms with Gasteiger partial charge in [0, 0.05) is 6.54 Å². The molecular weight excluding hydrogens is 184 g/mol. The highest BCUT2D eigenvalue weighted by molar-refractivity contribution is 7.80. The van der Waals surface area contributed by atoms with Gasteiger partial charge in [-0.15, -0.1) is 0 Å². The van der Waals surface area contributed by atoms with Gasteiger partial charge in [0.1, 0.15) is 0 Å². The van der Waals surface area contributed by atoms with Crippen molar-refractivity contribution in [3.63, 3.8) is 0 Å². The molecular formula is C9H20N2OS. The Kier molecular flexibility index (Phi) is 9.70. The first kappa shape index (κ1) is 12.8. The highest BCUT2D eigenvalue weighted by atomic mass is 32.1. The Balaban J connectivity index is 3.08. The van der Waals surface area contributed by atoms with E-state index in [2.05, 4.69) is 23.3 Å². The van der Waals surface area contributed by atoms with Crippen molar-refractivity contribution in [2.24, 2.45) is 0 Å². The van der Waals surface area contributed by atoms with Gasteiger partial charge in [0.05, 0.1) is 6.54 Å². The molecule has 0 saturated carbocycles. The molecule has 0 heterocycles. The van der Waals surface area contributed by atoms with Crippen LogP contribution in [-0.2, 0) is 4.79 Å². The zero-order valence-electron chi connectivity index (χ0n) is 8.31. The third-order valence-corrected chi connectivity index (χ3v) is 2.01. The predicted molar refractivity (Wildman–Crippen MR) is 59.3 cm³/mol. The van der Waals surface area contributed by atoms with Gasteiger partial charge in [-0.2, -0.15) is 12.6 Å². The number of thiol groups is 1. The van der Waals surface area contributed by atoms with Crippen LogP contribution in [0.4, 0.5) is 0 Å². The SMILES string of the molecule is CCNCC(=O)NCCCCCS. The number of hydrogen-bond acceptors (Lipinski definition) is 3. The normalized spacial score (nSPS) is 10.0. The maximum Gasteiger partial charge on any atom is 0.233 e. The van der Waals surface area contributed by atoms with Gasteiger partial charge in [-0.3, -0.25) is 4.79 Å². The Morgan fingerprint density at radius 2 is 2.08 bits per heavy atom. The van der Waals surface area contributed by atoms with E-state index in [-0.39, 0.29) is 5.91 Å². The first-order chi connectivity index (χ1) is 6.31. The van der Waals surface area contributed by atoms with E-state index in [0.717, 1.165) is 38.1 Å². The van der Waals surface area contributed by atoms with Gasteiger partial charge in [-0.05, 0) is 25.1 Å². The number of unbranched alkanes of at least 4 members (excludes halogenated alkanes) is 2. The van der Waals surface area contributed by atoms with E-state index < -0.39 is 0 Å². The summed E-state index contributed by atoms with van der Waals surface area (Å²) in [4.78, 5) is 11.0. The smallest absolute Gasteiger partial charge is 0.233 e. The average Bonchev–Trinajstić information content (AvgIpc) is 2.14. The average molecular weight is 204 g/mol. The molecule has 3 nitrogen and oxygen atoms in total. The van der Waals surface area contributed by atoms with Crippen LogP contribution in [0.3, 0.4) is 0 Å². The second-order valence-corrected chi connectivity index (χ2v) is 3.36. The molecule has 4 heteroatoms. The fraction of sp³-hybridized carbons (Fsp3) is 0.889. The first-order valence-electron chi connectivity index (χ1n) is 4.89. The lowest BCUT2D eigenvalue weighted by Crippen LogP contribution is -2.34. The van der Waals surface area contributed by atoms with Crippen molar-refractivity contribution in [2.45, 2.75) is 26.2 Å². The summed E-state index contributed by atoms with van der Waals surface area (Å²) in [6, 6.07) is 0. The molecule has 0 fully saturated rings. The van der Waals surface area contributed by atoms with Crippen molar-refractivity contribution < 1.29 is 4.79 Å². The van der Waals surface area contributed by atoms with Crippen LogP contribution in [-0.4, -0.2) is 31.3 Å². The molecule has 0 unspecified atom stereocenters. The number of nitrogens with one attached hydrogen (secondary N) is 2. The molecule has 78 valence electrons. The van der Waals surface area contributed by atoms with E-state index in [1.165, 1.54) is 0 Å². The molecule has 0 radical (unpaired) electrons. The quantitative estimate of drug-likeness (QED) is 0.404. The molecule has 1 amide bonds. The zero-order valence-corrected chi connectivity index (χ0v) is 9.20. The summed E-state index contributed by atoms with van der Waals surface area (Å²) < 4.78 is 0. The number of hydrogen-bond donors (Lipinski definition) is 3. The Morgan fingerprint density at radius 1 is 1.31 bits per heavy atom. The van der Waals surface area contributed by atoms with Crippen LogP contribution in [0.25, 0.3) is 0 Å². The summed E-state index contributed by atoms with van der Waals surface area (Å²) in [5.74, 6) is 1.03. The van der Waals surface area contributed by atoms with Gasteiger partial charge in [0.25, 0.3) is 0 Å². The molecule has 0 atom stereocenters. The number of carbonyl (C=O) groups excluding carboxylic acids is 1. The predicted octanol–water partition coefficient (Wildman–Crippen LogP) is 0.812. The Labute approximate surface area is 86.1 Å². The molecule has 0 aliphatic heterocycles. The van der Waals surface area contributed by atoms with Crippen LogP contribution < -0.4 is 10.6 Å². The van der Waals surface area contributed by atoms with E-state index in [0.29, 0.717) is 6.54 Å². The molecule has 0 aliphatic carbocycles. The summed E-state index contributed by atoms with van der Waals surface area (Å²) in [6.07, 6.45) is 3.33. The highest BCUT2D eigenvalue weighted by Gasteiger charge is 1.97. The Hall–Kier alpha value is -0.220. The van der Waals surface area contributed by atoms with Crippen molar-refractivity contribution in [2.75, 3.05) is 25.4 Å². The fourth-order valence-electron chi connectivity index (χ4n) is 0.942. The highest BCUT2D eigenvalue weighted by Crippen LogP contribution is 1.94. The van der Waals surface area contributed by atoms with Crippen molar-refractivity contribution >= 4 is 18.5 Å². The first-order valence-corrected chi connectivity index (χ1v) is 5.52. The maximum absolute atomic E-state index is 11.0. The van der Waals surface area contributed by atoms with Gasteiger partial charge in [0.2, 0.25) is 5.91 Å². The van der Waals surface area contributed by atoms with Gasteiger partial charge in [-0.25, -0.2) is 0 Å². The van der Waals surface area contributed by atoms with Crippen LogP contribution in [0.5, 0.6) is 0 Å². The molecule has 0 aromatic carbocycles. The molecule has 0 rings (SSSR count). The molecule has 0 spiro atoms. The van der Waals surface area contributed by atoms with Crippen LogP contribution in [0.15, 0.2) is 0 Å². The van der Waals surface area contributed by atoms with Crippen molar-refractivity contribution in [3.05, 3.63) is 0 Å². The standard InChI is InChI=1S/C9H20N2OS/c1-2-10-8-9(12)11-6-4-3-5-7-13/h10,13H,2-8H2,1H3,(H,11,12). The summed E-state index contributed by atoms with van der Waals surface area (Å²) in [5.41, 5.74) is 0. The lowest BCUT2D eigenvalue weighted by atomic mass is 10.2. The van der Waals surface area contributed by atoms with E-state index in [4.69, 9.17) is 0 Å². The minimum atomic E-state index is 0.0905. The minimum absolute atomic E-state index is 0.0905. The summed E-state index contributed by atoms with van der Waals surface area (Å²) in [5, 5.41) is 5.83. The monoisotopic (exact) mass is 204 g/mol.